The largest absolute Gasteiger partial charge is 0.354 e. The highest BCUT2D eigenvalue weighted by Gasteiger charge is 2.28. The fourth-order valence-corrected chi connectivity index (χ4v) is 3.19. The Bertz CT molecular complexity index is 390. The molecule has 0 spiro atoms. The molecule has 0 bridgehead atoms. The summed E-state index contributed by atoms with van der Waals surface area (Å²) in [4.78, 5) is 16.8. The number of hydrogen-bond donors (Lipinski definition) is 3. The van der Waals surface area contributed by atoms with Crippen LogP contribution < -0.4 is 16.0 Å². The molecule has 1 amide bonds. The molecule has 2 aliphatic rings. The Morgan fingerprint density at radius 3 is 2.32 bits per heavy atom. The molecule has 0 radical (unpaired) electrons. The summed E-state index contributed by atoms with van der Waals surface area (Å²) >= 11 is 0. The number of rotatable bonds is 5. The number of nitrogens with zero attached hydrogens (tertiary/aromatic N) is 1. The smallest absolute Gasteiger partial charge is 0.223 e. The van der Waals surface area contributed by atoms with Gasteiger partial charge in [-0.1, -0.05) is 6.42 Å². The van der Waals surface area contributed by atoms with Crippen molar-refractivity contribution in [2.24, 2.45) is 10.9 Å². The van der Waals surface area contributed by atoms with Gasteiger partial charge in [-0.15, -0.1) is 0 Å². The lowest BCUT2D eigenvalue weighted by Gasteiger charge is -2.33. The third-order valence-corrected chi connectivity index (χ3v) is 4.58. The Morgan fingerprint density at radius 1 is 1.09 bits per heavy atom. The van der Waals surface area contributed by atoms with Gasteiger partial charge in [0.1, 0.15) is 0 Å². The van der Waals surface area contributed by atoms with Crippen molar-refractivity contribution in [2.75, 3.05) is 6.54 Å². The van der Waals surface area contributed by atoms with Crippen LogP contribution in [0.1, 0.15) is 65.7 Å². The lowest BCUT2D eigenvalue weighted by molar-refractivity contribution is -0.126. The first-order valence-corrected chi connectivity index (χ1v) is 8.96. The number of aliphatic imine (C=N–C) groups is 1. The zero-order chi connectivity index (χ0) is 15.9. The number of amides is 1. The topological polar surface area (TPSA) is 65.5 Å². The first kappa shape index (κ1) is 17.1. The van der Waals surface area contributed by atoms with E-state index in [9.17, 15) is 4.79 Å². The van der Waals surface area contributed by atoms with E-state index in [1.807, 2.05) is 13.8 Å². The Labute approximate surface area is 134 Å². The van der Waals surface area contributed by atoms with Crippen molar-refractivity contribution in [3.63, 3.8) is 0 Å². The second-order valence-corrected chi connectivity index (χ2v) is 6.96. The molecule has 22 heavy (non-hydrogen) atoms. The van der Waals surface area contributed by atoms with Crippen LogP contribution in [0.3, 0.4) is 0 Å². The number of guanidine groups is 1. The minimum Gasteiger partial charge on any atom is -0.354 e. The van der Waals surface area contributed by atoms with Gasteiger partial charge in [0.2, 0.25) is 5.91 Å². The summed E-state index contributed by atoms with van der Waals surface area (Å²) in [5.74, 6) is 1.28. The maximum absolute atomic E-state index is 12.2. The molecule has 0 heterocycles. The number of carbonyl (C=O) groups is 1. The van der Waals surface area contributed by atoms with Crippen LogP contribution in [-0.4, -0.2) is 36.5 Å². The van der Waals surface area contributed by atoms with Crippen LogP contribution in [0.25, 0.3) is 0 Å². The van der Waals surface area contributed by atoms with Crippen molar-refractivity contribution in [1.29, 1.82) is 0 Å². The van der Waals surface area contributed by atoms with Gasteiger partial charge in [-0.05, 0) is 59.3 Å². The SMILES string of the molecule is CCN=C(NC1CCC1)NC1CCCC(C(=O)NC(C)C)C1. The summed E-state index contributed by atoms with van der Waals surface area (Å²) in [6, 6.07) is 1.16. The molecule has 0 aromatic carbocycles. The van der Waals surface area contributed by atoms with E-state index in [1.54, 1.807) is 0 Å². The van der Waals surface area contributed by atoms with Gasteiger partial charge in [0, 0.05) is 30.6 Å². The number of carbonyl (C=O) groups excluding carboxylic acids is 1. The van der Waals surface area contributed by atoms with E-state index >= 15 is 0 Å². The predicted octanol–water partition coefficient (Wildman–Crippen LogP) is 2.18. The van der Waals surface area contributed by atoms with Crippen molar-refractivity contribution in [3.8, 4) is 0 Å². The summed E-state index contributed by atoms with van der Waals surface area (Å²) < 4.78 is 0. The van der Waals surface area contributed by atoms with Crippen LogP contribution in [-0.2, 0) is 4.79 Å². The van der Waals surface area contributed by atoms with Crippen LogP contribution in [0.5, 0.6) is 0 Å². The second-order valence-electron chi connectivity index (χ2n) is 6.96. The molecule has 0 saturated heterocycles. The number of nitrogens with one attached hydrogen (secondary N) is 3. The first-order chi connectivity index (χ1) is 10.6. The van der Waals surface area contributed by atoms with E-state index in [0.29, 0.717) is 12.1 Å². The summed E-state index contributed by atoms with van der Waals surface area (Å²) in [7, 11) is 0. The summed E-state index contributed by atoms with van der Waals surface area (Å²) in [6.07, 6.45) is 7.96. The van der Waals surface area contributed by atoms with Gasteiger partial charge in [-0.25, -0.2) is 0 Å². The van der Waals surface area contributed by atoms with Crippen molar-refractivity contribution in [2.45, 2.75) is 83.8 Å². The van der Waals surface area contributed by atoms with Gasteiger partial charge < -0.3 is 16.0 Å². The van der Waals surface area contributed by atoms with Crippen molar-refractivity contribution >= 4 is 11.9 Å². The molecular weight excluding hydrogens is 276 g/mol. The third-order valence-electron chi connectivity index (χ3n) is 4.58. The zero-order valence-corrected chi connectivity index (χ0v) is 14.3. The molecule has 2 unspecified atom stereocenters. The molecule has 2 saturated carbocycles. The van der Waals surface area contributed by atoms with E-state index in [2.05, 4.69) is 27.9 Å². The van der Waals surface area contributed by atoms with Crippen LogP contribution in [0, 0.1) is 5.92 Å². The lowest BCUT2D eigenvalue weighted by atomic mass is 9.85. The first-order valence-electron chi connectivity index (χ1n) is 8.96. The molecule has 2 fully saturated rings. The fourth-order valence-electron chi connectivity index (χ4n) is 3.19. The molecule has 0 aromatic rings. The van der Waals surface area contributed by atoms with Gasteiger partial charge in [0.05, 0.1) is 0 Å². The minimum atomic E-state index is 0.139. The van der Waals surface area contributed by atoms with Crippen molar-refractivity contribution in [1.82, 2.24) is 16.0 Å². The van der Waals surface area contributed by atoms with E-state index in [4.69, 9.17) is 0 Å². The fraction of sp³-hybridized carbons (Fsp3) is 0.882. The average Bonchev–Trinajstić information content (AvgIpc) is 2.42. The minimum absolute atomic E-state index is 0.139. The van der Waals surface area contributed by atoms with Gasteiger partial charge in [0.25, 0.3) is 0 Å². The van der Waals surface area contributed by atoms with Crippen molar-refractivity contribution < 1.29 is 4.79 Å². The Hall–Kier alpha value is -1.26. The third kappa shape index (κ3) is 5.18. The highest BCUT2D eigenvalue weighted by molar-refractivity contribution is 5.81. The Morgan fingerprint density at radius 2 is 1.73 bits per heavy atom. The standard InChI is InChI=1S/C17H32N4O/c1-4-18-17(20-14-8-6-9-14)21-15-10-5-7-13(11-15)16(22)19-12(2)3/h12-15H,4-11H2,1-3H3,(H,19,22)(H2,18,20,21). The summed E-state index contributed by atoms with van der Waals surface area (Å²) in [6.45, 7) is 6.88. The van der Waals surface area contributed by atoms with Crippen LogP contribution in [0.4, 0.5) is 0 Å². The summed E-state index contributed by atoms with van der Waals surface area (Å²) in [5.41, 5.74) is 0. The van der Waals surface area contributed by atoms with E-state index in [0.717, 1.165) is 38.2 Å². The number of hydrogen-bond acceptors (Lipinski definition) is 2. The highest BCUT2D eigenvalue weighted by Crippen LogP contribution is 2.25. The Kier molecular flexibility index (Phi) is 6.52. The lowest BCUT2D eigenvalue weighted by Crippen LogP contribution is -2.51. The molecule has 2 atom stereocenters. The van der Waals surface area contributed by atoms with Gasteiger partial charge in [-0.2, -0.15) is 0 Å². The maximum Gasteiger partial charge on any atom is 0.223 e. The van der Waals surface area contributed by atoms with E-state index in [-0.39, 0.29) is 17.9 Å². The quantitative estimate of drug-likeness (QED) is 0.539. The average molecular weight is 308 g/mol. The zero-order valence-electron chi connectivity index (χ0n) is 14.3. The van der Waals surface area contributed by atoms with Crippen LogP contribution in [0.15, 0.2) is 4.99 Å². The molecular formula is C17H32N4O. The molecule has 126 valence electrons. The van der Waals surface area contributed by atoms with Crippen molar-refractivity contribution in [3.05, 3.63) is 0 Å². The van der Waals surface area contributed by atoms with Gasteiger partial charge in [-0.3, -0.25) is 9.79 Å². The predicted molar refractivity (Wildman–Crippen MR) is 90.9 cm³/mol. The van der Waals surface area contributed by atoms with Crippen LogP contribution in [0.2, 0.25) is 0 Å². The van der Waals surface area contributed by atoms with Crippen LogP contribution >= 0.6 is 0 Å². The van der Waals surface area contributed by atoms with Gasteiger partial charge in [0.15, 0.2) is 5.96 Å². The summed E-state index contributed by atoms with van der Waals surface area (Å²) in [5, 5.41) is 10.1. The highest BCUT2D eigenvalue weighted by atomic mass is 16.1. The maximum atomic E-state index is 12.2. The second kappa shape index (κ2) is 8.39. The monoisotopic (exact) mass is 308 g/mol. The molecule has 3 N–H and O–H groups in total. The molecule has 0 aromatic heterocycles. The molecule has 0 aliphatic heterocycles. The molecule has 5 heteroatoms. The normalized spacial score (nSPS) is 26.5. The molecule has 5 nitrogen and oxygen atoms in total. The van der Waals surface area contributed by atoms with E-state index in [1.165, 1.54) is 19.3 Å². The molecule has 2 aliphatic carbocycles. The molecule has 2 rings (SSSR count). The van der Waals surface area contributed by atoms with E-state index < -0.39 is 0 Å². The Balaban J connectivity index is 1.84. The van der Waals surface area contributed by atoms with Gasteiger partial charge >= 0.3 is 0 Å².